The minimum atomic E-state index is -0.675. The smallest absolute Gasteiger partial charge is 0.149 e. The largest absolute Gasteiger partial charge is 0.366 e. The van der Waals surface area contributed by atoms with Crippen molar-refractivity contribution in [3.8, 4) is 0 Å². The number of halogens is 2. The molecule has 0 atom stereocenters. The minimum absolute atomic E-state index is 0.157. The molecule has 2 N–H and O–H groups in total. The zero-order valence-electron chi connectivity index (χ0n) is 14.0. The van der Waals surface area contributed by atoms with Crippen LogP contribution in [0, 0.1) is 25.5 Å². The minimum Gasteiger partial charge on any atom is -0.366 e. The Kier molecular flexibility index (Phi) is 4.88. The molecular formula is C19H18F2N4. The van der Waals surface area contributed by atoms with Gasteiger partial charge in [0.05, 0.1) is 5.69 Å². The molecule has 1 aromatic heterocycles. The number of anilines is 3. The summed E-state index contributed by atoms with van der Waals surface area (Å²) in [6.07, 6.45) is 0. The van der Waals surface area contributed by atoms with Crippen molar-refractivity contribution in [2.45, 2.75) is 20.4 Å². The van der Waals surface area contributed by atoms with Gasteiger partial charge in [0.25, 0.3) is 0 Å². The van der Waals surface area contributed by atoms with E-state index in [2.05, 4.69) is 26.7 Å². The number of benzene rings is 2. The molecule has 0 bridgehead atoms. The maximum Gasteiger partial charge on any atom is 0.149 e. The van der Waals surface area contributed by atoms with Crippen molar-refractivity contribution in [2.24, 2.45) is 0 Å². The first-order chi connectivity index (χ1) is 12.0. The van der Waals surface area contributed by atoms with Crippen LogP contribution in [0.1, 0.15) is 17.0 Å². The highest BCUT2D eigenvalue weighted by molar-refractivity contribution is 5.59. The van der Waals surface area contributed by atoms with Gasteiger partial charge in [-0.3, -0.25) is 0 Å². The average molecular weight is 340 g/mol. The molecule has 0 unspecified atom stereocenters. The van der Waals surface area contributed by atoms with E-state index in [1.54, 1.807) is 13.0 Å². The lowest BCUT2D eigenvalue weighted by Gasteiger charge is -2.11. The molecule has 6 heteroatoms. The molecule has 0 fully saturated rings. The van der Waals surface area contributed by atoms with Crippen LogP contribution in [0.25, 0.3) is 0 Å². The molecule has 0 amide bonds. The third kappa shape index (κ3) is 4.50. The fraction of sp³-hybridized carbons (Fsp3) is 0.158. The van der Waals surface area contributed by atoms with Crippen molar-refractivity contribution in [2.75, 3.05) is 10.6 Å². The van der Waals surface area contributed by atoms with Gasteiger partial charge in [0.2, 0.25) is 0 Å². The summed E-state index contributed by atoms with van der Waals surface area (Å²) in [6, 6.07) is 13.2. The molecule has 0 aliphatic rings. The molecule has 0 spiro atoms. The van der Waals surface area contributed by atoms with E-state index < -0.39 is 11.6 Å². The number of aromatic nitrogens is 2. The summed E-state index contributed by atoms with van der Waals surface area (Å²) in [5.41, 5.74) is 2.48. The first-order valence-electron chi connectivity index (χ1n) is 7.87. The SMILES string of the molecule is Cc1cccc(CNc2cc(Nc3ccc(F)cc3F)nc(C)n2)c1. The van der Waals surface area contributed by atoms with Crippen LogP contribution in [-0.2, 0) is 6.54 Å². The zero-order valence-corrected chi connectivity index (χ0v) is 14.0. The fourth-order valence-electron chi connectivity index (χ4n) is 2.47. The van der Waals surface area contributed by atoms with Crippen molar-refractivity contribution in [3.05, 3.63) is 77.1 Å². The van der Waals surface area contributed by atoms with Gasteiger partial charge in [-0.1, -0.05) is 29.8 Å². The highest BCUT2D eigenvalue weighted by Crippen LogP contribution is 2.21. The molecule has 0 aliphatic carbocycles. The molecule has 0 saturated heterocycles. The standard InChI is InChI=1S/C19H18F2N4/c1-12-4-3-5-14(8-12)11-22-18-10-19(24-13(2)23-18)25-17-7-6-15(20)9-16(17)21/h3-10H,11H2,1-2H3,(H2,22,23,24,25). The fourth-order valence-corrected chi connectivity index (χ4v) is 2.47. The Labute approximate surface area is 145 Å². The molecule has 1 heterocycles. The van der Waals surface area contributed by atoms with Gasteiger partial charge in [-0.25, -0.2) is 18.7 Å². The van der Waals surface area contributed by atoms with Gasteiger partial charge >= 0.3 is 0 Å². The van der Waals surface area contributed by atoms with E-state index in [4.69, 9.17) is 0 Å². The maximum atomic E-state index is 13.8. The Balaban J connectivity index is 1.76. The summed E-state index contributed by atoms with van der Waals surface area (Å²) < 4.78 is 26.8. The molecule has 0 aliphatic heterocycles. The molecule has 4 nitrogen and oxygen atoms in total. The second-order valence-electron chi connectivity index (χ2n) is 5.78. The van der Waals surface area contributed by atoms with Crippen molar-refractivity contribution < 1.29 is 8.78 Å². The predicted molar refractivity (Wildman–Crippen MR) is 94.9 cm³/mol. The number of nitrogens with zero attached hydrogens (tertiary/aromatic N) is 2. The third-order valence-electron chi connectivity index (χ3n) is 3.59. The third-order valence-corrected chi connectivity index (χ3v) is 3.59. The Bertz CT molecular complexity index is 896. The Morgan fingerprint density at radius 2 is 1.72 bits per heavy atom. The van der Waals surface area contributed by atoms with Gasteiger partial charge in [0, 0.05) is 18.7 Å². The lowest BCUT2D eigenvalue weighted by atomic mass is 10.1. The number of nitrogens with one attached hydrogen (secondary N) is 2. The highest BCUT2D eigenvalue weighted by atomic mass is 19.1. The summed E-state index contributed by atoms with van der Waals surface area (Å²) in [5, 5.41) is 6.09. The second-order valence-corrected chi connectivity index (χ2v) is 5.78. The Hall–Kier alpha value is -3.02. The molecule has 0 radical (unpaired) electrons. The van der Waals surface area contributed by atoms with Crippen LogP contribution in [0.15, 0.2) is 48.5 Å². The van der Waals surface area contributed by atoms with Crippen molar-refractivity contribution in [1.82, 2.24) is 9.97 Å². The number of hydrogen-bond donors (Lipinski definition) is 2. The van der Waals surface area contributed by atoms with Crippen LogP contribution in [0.4, 0.5) is 26.1 Å². The summed E-state index contributed by atoms with van der Waals surface area (Å²) in [6.45, 7) is 4.41. The van der Waals surface area contributed by atoms with Gasteiger partial charge < -0.3 is 10.6 Å². The van der Waals surface area contributed by atoms with E-state index in [1.807, 2.05) is 25.1 Å². The van der Waals surface area contributed by atoms with Gasteiger partial charge in [-0.05, 0) is 31.5 Å². The monoisotopic (exact) mass is 340 g/mol. The Morgan fingerprint density at radius 1 is 0.920 bits per heavy atom. The first-order valence-corrected chi connectivity index (χ1v) is 7.87. The molecule has 128 valence electrons. The summed E-state index contributed by atoms with van der Waals surface area (Å²) in [7, 11) is 0. The van der Waals surface area contributed by atoms with E-state index in [0.29, 0.717) is 24.0 Å². The van der Waals surface area contributed by atoms with Crippen molar-refractivity contribution in [1.29, 1.82) is 0 Å². The number of rotatable bonds is 5. The molecule has 3 aromatic rings. The van der Waals surface area contributed by atoms with Crippen LogP contribution >= 0.6 is 0 Å². The quantitative estimate of drug-likeness (QED) is 0.705. The van der Waals surface area contributed by atoms with Gasteiger partial charge in [-0.15, -0.1) is 0 Å². The molecule has 25 heavy (non-hydrogen) atoms. The zero-order chi connectivity index (χ0) is 17.8. The summed E-state index contributed by atoms with van der Waals surface area (Å²) >= 11 is 0. The highest BCUT2D eigenvalue weighted by Gasteiger charge is 2.07. The number of hydrogen-bond acceptors (Lipinski definition) is 4. The molecule has 2 aromatic carbocycles. The molecule has 3 rings (SSSR count). The summed E-state index contributed by atoms with van der Waals surface area (Å²) in [4.78, 5) is 8.57. The topological polar surface area (TPSA) is 49.8 Å². The maximum absolute atomic E-state index is 13.8. The van der Waals surface area contributed by atoms with Crippen LogP contribution in [-0.4, -0.2) is 9.97 Å². The van der Waals surface area contributed by atoms with E-state index in [0.717, 1.165) is 11.6 Å². The van der Waals surface area contributed by atoms with Gasteiger partial charge in [0.15, 0.2) is 0 Å². The normalized spacial score (nSPS) is 10.6. The molecular weight excluding hydrogens is 322 g/mol. The van der Waals surface area contributed by atoms with Crippen LogP contribution < -0.4 is 10.6 Å². The van der Waals surface area contributed by atoms with E-state index >= 15 is 0 Å². The van der Waals surface area contributed by atoms with Crippen LogP contribution in [0.2, 0.25) is 0 Å². The number of aryl methyl sites for hydroxylation is 2. The lowest BCUT2D eigenvalue weighted by molar-refractivity contribution is 0.586. The van der Waals surface area contributed by atoms with Crippen LogP contribution in [0.5, 0.6) is 0 Å². The van der Waals surface area contributed by atoms with Crippen molar-refractivity contribution >= 4 is 17.3 Å². The van der Waals surface area contributed by atoms with E-state index in [9.17, 15) is 8.78 Å². The predicted octanol–water partition coefficient (Wildman–Crippen LogP) is 4.73. The van der Waals surface area contributed by atoms with Crippen LogP contribution in [0.3, 0.4) is 0 Å². The second kappa shape index (κ2) is 7.25. The Morgan fingerprint density at radius 3 is 2.48 bits per heavy atom. The van der Waals surface area contributed by atoms with E-state index in [1.165, 1.54) is 17.7 Å². The van der Waals surface area contributed by atoms with E-state index in [-0.39, 0.29) is 5.69 Å². The lowest BCUT2D eigenvalue weighted by Crippen LogP contribution is -2.05. The van der Waals surface area contributed by atoms with Gasteiger partial charge in [0.1, 0.15) is 29.1 Å². The average Bonchev–Trinajstić information content (AvgIpc) is 2.55. The first kappa shape index (κ1) is 16.8. The van der Waals surface area contributed by atoms with Crippen molar-refractivity contribution in [3.63, 3.8) is 0 Å². The van der Waals surface area contributed by atoms with Gasteiger partial charge in [-0.2, -0.15) is 0 Å². The summed E-state index contributed by atoms with van der Waals surface area (Å²) in [5.74, 6) is 0.302. The molecule has 0 saturated carbocycles.